The van der Waals surface area contributed by atoms with Crippen molar-refractivity contribution in [3.8, 4) is 5.75 Å². The molecule has 8 heteroatoms. The average Bonchev–Trinajstić information content (AvgIpc) is 3.00. The molecule has 8 nitrogen and oxygen atoms in total. The van der Waals surface area contributed by atoms with Crippen molar-refractivity contribution in [1.29, 1.82) is 0 Å². The van der Waals surface area contributed by atoms with Crippen LogP contribution in [0.1, 0.15) is 70.7 Å². The van der Waals surface area contributed by atoms with Gasteiger partial charge in [0, 0.05) is 5.57 Å². The molecule has 1 heterocycles. The number of phenolic OH excluding ortho intramolecular Hbond substituents is 1. The van der Waals surface area contributed by atoms with Crippen molar-refractivity contribution in [1.82, 2.24) is 9.78 Å². The van der Waals surface area contributed by atoms with Gasteiger partial charge in [-0.05, 0) is 74.6 Å². The van der Waals surface area contributed by atoms with E-state index in [1.807, 2.05) is 0 Å². The van der Waals surface area contributed by atoms with Crippen molar-refractivity contribution in [3.05, 3.63) is 45.4 Å². The first kappa shape index (κ1) is 23.5. The van der Waals surface area contributed by atoms with Gasteiger partial charge in [-0.15, -0.1) is 10.2 Å². The number of rotatable bonds is 5. The molecule has 1 aliphatic carbocycles. The highest BCUT2D eigenvalue weighted by molar-refractivity contribution is 5.91. The van der Waals surface area contributed by atoms with Crippen LogP contribution in [0.2, 0.25) is 0 Å². The van der Waals surface area contributed by atoms with E-state index in [2.05, 4.69) is 36.1 Å². The van der Waals surface area contributed by atoms with Crippen LogP contribution in [0.15, 0.2) is 38.8 Å². The first-order valence-electron chi connectivity index (χ1n) is 10.9. The summed E-state index contributed by atoms with van der Waals surface area (Å²) in [6.45, 7) is 10.1. The molecule has 0 amide bonds. The molecule has 2 aromatic rings. The second kappa shape index (κ2) is 9.14. The average molecular weight is 441 g/mol. The summed E-state index contributed by atoms with van der Waals surface area (Å²) in [4.78, 5) is 23.9. The molecule has 1 aromatic carbocycles. The molecular weight excluding hydrogens is 408 g/mol. The Bertz CT molecular complexity index is 1110. The quantitative estimate of drug-likeness (QED) is 0.398. The third-order valence-corrected chi connectivity index (χ3v) is 6.33. The number of aromatic hydroxyl groups is 1. The predicted molar refractivity (Wildman–Crippen MR) is 124 cm³/mol. The van der Waals surface area contributed by atoms with Crippen molar-refractivity contribution >= 4 is 23.4 Å². The van der Waals surface area contributed by atoms with Gasteiger partial charge in [0.15, 0.2) is 5.69 Å². The molecule has 3 N–H and O–H groups in total. The Kier molecular flexibility index (Phi) is 6.71. The number of azo groups is 1. The number of aromatic nitrogens is 2. The molecule has 0 bridgehead atoms. The number of benzene rings is 1. The van der Waals surface area contributed by atoms with Gasteiger partial charge < -0.3 is 10.2 Å². The number of aryl methyl sites for hydroxylation is 1. The smallest absolute Gasteiger partial charge is 0.331 e. The second-order valence-electron chi connectivity index (χ2n) is 9.71. The fraction of sp³-hybridized carbons (Fsp3) is 0.500. The second-order valence-corrected chi connectivity index (χ2v) is 9.71. The van der Waals surface area contributed by atoms with E-state index >= 15 is 0 Å². The number of hydrogen-bond donors (Lipinski definition) is 3. The molecule has 0 atom stereocenters. The predicted octanol–water partition coefficient (Wildman–Crippen LogP) is 5.87. The Hall–Kier alpha value is -3.16. The van der Waals surface area contributed by atoms with E-state index in [0.717, 1.165) is 25.7 Å². The van der Waals surface area contributed by atoms with Crippen LogP contribution in [-0.2, 0) is 4.79 Å². The monoisotopic (exact) mass is 440 g/mol. The maximum absolute atomic E-state index is 13.0. The highest BCUT2D eigenvalue weighted by Gasteiger charge is 2.31. The van der Waals surface area contributed by atoms with Gasteiger partial charge in [0.2, 0.25) is 0 Å². The van der Waals surface area contributed by atoms with E-state index in [1.165, 1.54) is 25.1 Å². The number of carbonyl (C=O) groups is 1. The number of nitrogens with zero attached hydrogens (tertiary/aromatic N) is 3. The van der Waals surface area contributed by atoms with Crippen molar-refractivity contribution in [3.63, 3.8) is 0 Å². The number of aromatic amines is 1. The maximum Gasteiger partial charge on any atom is 0.331 e. The van der Waals surface area contributed by atoms with Crippen molar-refractivity contribution in [2.45, 2.75) is 66.3 Å². The van der Waals surface area contributed by atoms with Crippen LogP contribution in [0.5, 0.6) is 5.75 Å². The molecular formula is C24H32N4O4. The molecule has 32 heavy (non-hydrogen) atoms. The minimum atomic E-state index is -1.03. The summed E-state index contributed by atoms with van der Waals surface area (Å²) in [5.41, 5.74) is 1.82. The summed E-state index contributed by atoms with van der Waals surface area (Å²) in [6, 6.07) is 4.71. The number of aliphatic carboxylic acids is 1. The van der Waals surface area contributed by atoms with Gasteiger partial charge in [-0.3, -0.25) is 9.89 Å². The molecule has 3 rings (SSSR count). The van der Waals surface area contributed by atoms with Gasteiger partial charge in [0.1, 0.15) is 11.4 Å². The SMILES string of the molecule is CC(=Cc1ccc(N=Nc2c(C)[nH]n(C3CCC(C(C)(C)C)CC3)c2=O)c(O)c1)C(=O)O. The van der Waals surface area contributed by atoms with Gasteiger partial charge in [0.25, 0.3) is 5.56 Å². The van der Waals surface area contributed by atoms with Crippen LogP contribution in [-0.4, -0.2) is 26.0 Å². The third-order valence-electron chi connectivity index (χ3n) is 6.33. The molecule has 0 aliphatic heterocycles. The molecule has 0 radical (unpaired) electrons. The summed E-state index contributed by atoms with van der Waals surface area (Å²) >= 11 is 0. The zero-order valence-electron chi connectivity index (χ0n) is 19.3. The Balaban J connectivity index is 1.78. The number of hydrogen-bond acceptors (Lipinski definition) is 5. The highest BCUT2D eigenvalue weighted by atomic mass is 16.4. The molecule has 1 fully saturated rings. The Morgan fingerprint density at radius 3 is 2.41 bits per heavy atom. The van der Waals surface area contributed by atoms with Crippen LogP contribution >= 0.6 is 0 Å². The van der Waals surface area contributed by atoms with Gasteiger partial charge in [-0.1, -0.05) is 26.8 Å². The van der Waals surface area contributed by atoms with Crippen molar-refractivity contribution in [2.75, 3.05) is 0 Å². The summed E-state index contributed by atoms with van der Waals surface area (Å²) < 4.78 is 1.67. The number of carboxylic acids is 1. The lowest BCUT2D eigenvalue weighted by atomic mass is 9.71. The lowest BCUT2D eigenvalue weighted by Gasteiger charge is -2.37. The summed E-state index contributed by atoms with van der Waals surface area (Å²) in [6.07, 6.45) is 5.53. The summed E-state index contributed by atoms with van der Waals surface area (Å²) in [7, 11) is 0. The Morgan fingerprint density at radius 2 is 1.84 bits per heavy atom. The minimum absolute atomic E-state index is 0.126. The summed E-state index contributed by atoms with van der Waals surface area (Å²) in [5.74, 6) is -0.515. The first-order chi connectivity index (χ1) is 15.0. The van der Waals surface area contributed by atoms with E-state index in [1.54, 1.807) is 17.7 Å². The molecule has 0 saturated heterocycles. The molecule has 0 unspecified atom stereocenters. The molecule has 1 saturated carbocycles. The van der Waals surface area contributed by atoms with Crippen LogP contribution in [0.25, 0.3) is 6.08 Å². The van der Waals surface area contributed by atoms with E-state index in [4.69, 9.17) is 5.11 Å². The van der Waals surface area contributed by atoms with Crippen LogP contribution in [0, 0.1) is 18.3 Å². The molecule has 1 aromatic heterocycles. The number of carboxylic acid groups (broad SMARTS) is 1. The third kappa shape index (κ3) is 5.18. The number of nitrogens with one attached hydrogen (secondary N) is 1. The van der Waals surface area contributed by atoms with Crippen molar-refractivity contribution in [2.24, 2.45) is 21.6 Å². The van der Waals surface area contributed by atoms with Gasteiger partial charge in [-0.2, -0.15) is 0 Å². The van der Waals surface area contributed by atoms with Gasteiger partial charge in [-0.25, -0.2) is 9.48 Å². The summed E-state index contributed by atoms with van der Waals surface area (Å²) in [5, 5.41) is 30.5. The first-order valence-corrected chi connectivity index (χ1v) is 10.9. The zero-order valence-corrected chi connectivity index (χ0v) is 19.3. The normalized spacial score (nSPS) is 20.1. The molecule has 0 spiro atoms. The Labute approximate surface area is 187 Å². The van der Waals surface area contributed by atoms with E-state index < -0.39 is 5.97 Å². The number of phenols is 1. The molecule has 1 aliphatic rings. The standard InChI is InChI=1S/C24H32N4O4/c1-14(23(31)32)12-16-6-11-19(20(29)13-16)25-26-21-15(2)27-28(22(21)30)18-9-7-17(8-10-18)24(3,4)5/h6,11-13,17-18,27,29H,7-10H2,1-5H3,(H,31,32). The largest absolute Gasteiger partial charge is 0.506 e. The van der Waals surface area contributed by atoms with E-state index in [9.17, 15) is 14.7 Å². The number of H-pyrrole nitrogens is 1. The van der Waals surface area contributed by atoms with Crippen molar-refractivity contribution < 1.29 is 15.0 Å². The zero-order chi connectivity index (χ0) is 23.6. The maximum atomic E-state index is 13.0. The van der Waals surface area contributed by atoms with Gasteiger partial charge >= 0.3 is 5.97 Å². The Morgan fingerprint density at radius 1 is 1.19 bits per heavy atom. The lowest BCUT2D eigenvalue weighted by molar-refractivity contribution is -0.132. The van der Waals surface area contributed by atoms with E-state index in [0.29, 0.717) is 17.2 Å². The fourth-order valence-corrected chi connectivity index (χ4v) is 4.26. The van der Waals surface area contributed by atoms with E-state index in [-0.39, 0.29) is 39.7 Å². The van der Waals surface area contributed by atoms with Crippen LogP contribution in [0.4, 0.5) is 11.4 Å². The topological polar surface area (TPSA) is 120 Å². The highest BCUT2D eigenvalue weighted by Crippen LogP contribution is 2.41. The van der Waals surface area contributed by atoms with Crippen LogP contribution < -0.4 is 5.56 Å². The van der Waals surface area contributed by atoms with Crippen LogP contribution in [0.3, 0.4) is 0 Å². The lowest BCUT2D eigenvalue weighted by Crippen LogP contribution is -2.30. The fourth-order valence-electron chi connectivity index (χ4n) is 4.26. The minimum Gasteiger partial charge on any atom is -0.506 e. The van der Waals surface area contributed by atoms with Gasteiger partial charge in [0.05, 0.1) is 11.7 Å². The molecule has 172 valence electrons.